The van der Waals surface area contributed by atoms with Gasteiger partial charge < -0.3 is 15.0 Å². The molecule has 9 nitrogen and oxygen atoms in total. The van der Waals surface area contributed by atoms with Gasteiger partial charge in [0.15, 0.2) is 5.78 Å². The Bertz CT molecular complexity index is 1200. The molecule has 0 aliphatic carbocycles. The van der Waals surface area contributed by atoms with Gasteiger partial charge in [0.05, 0.1) is 19.1 Å². The zero-order valence-corrected chi connectivity index (χ0v) is 23.0. The lowest BCUT2D eigenvalue weighted by atomic mass is 10.1. The van der Waals surface area contributed by atoms with Crippen molar-refractivity contribution in [1.82, 2.24) is 10.2 Å². The number of Topliss-reactive ketones (excluding diaryl/α,β-unsaturated/α-hetero) is 1. The third kappa shape index (κ3) is 8.59. The van der Waals surface area contributed by atoms with Crippen molar-refractivity contribution >= 4 is 33.3 Å². The van der Waals surface area contributed by atoms with Crippen LogP contribution >= 0.6 is 0 Å². The molecular formula is C27H37N3O6S. The number of hydrogen-bond acceptors (Lipinski definition) is 6. The molecule has 37 heavy (non-hydrogen) atoms. The van der Waals surface area contributed by atoms with Gasteiger partial charge in [-0.3, -0.25) is 18.7 Å². The highest BCUT2D eigenvalue weighted by Gasteiger charge is 2.31. The summed E-state index contributed by atoms with van der Waals surface area (Å²) in [7, 11) is -2.35. The maximum absolute atomic E-state index is 13.7. The Morgan fingerprint density at radius 1 is 1.05 bits per heavy atom. The van der Waals surface area contributed by atoms with E-state index in [0.717, 1.165) is 29.0 Å². The van der Waals surface area contributed by atoms with E-state index >= 15 is 0 Å². The van der Waals surface area contributed by atoms with E-state index in [0.29, 0.717) is 24.3 Å². The number of anilines is 1. The van der Waals surface area contributed by atoms with E-state index in [4.69, 9.17) is 4.74 Å². The Morgan fingerprint density at radius 2 is 1.76 bits per heavy atom. The zero-order chi connectivity index (χ0) is 27.6. The van der Waals surface area contributed by atoms with Crippen LogP contribution in [0.2, 0.25) is 0 Å². The first-order valence-corrected chi connectivity index (χ1v) is 14.1. The van der Waals surface area contributed by atoms with E-state index in [9.17, 15) is 22.8 Å². The molecule has 0 bridgehead atoms. The molecule has 0 radical (unpaired) electrons. The molecule has 2 amide bonds. The van der Waals surface area contributed by atoms with Gasteiger partial charge in [0, 0.05) is 18.7 Å². The maximum atomic E-state index is 13.7. The summed E-state index contributed by atoms with van der Waals surface area (Å²) >= 11 is 0. The quantitative estimate of drug-likeness (QED) is 0.295. The van der Waals surface area contributed by atoms with Gasteiger partial charge in [-0.05, 0) is 49.6 Å². The number of amides is 2. The van der Waals surface area contributed by atoms with Crippen molar-refractivity contribution in [2.45, 2.75) is 52.6 Å². The van der Waals surface area contributed by atoms with Crippen molar-refractivity contribution in [3.63, 3.8) is 0 Å². The van der Waals surface area contributed by atoms with E-state index in [1.807, 2.05) is 13.0 Å². The Balaban J connectivity index is 2.46. The number of nitrogens with one attached hydrogen (secondary N) is 1. The number of rotatable bonds is 14. The summed E-state index contributed by atoms with van der Waals surface area (Å²) < 4.78 is 31.7. The highest BCUT2D eigenvalue weighted by molar-refractivity contribution is 7.92. The van der Waals surface area contributed by atoms with Gasteiger partial charge in [0.25, 0.3) is 0 Å². The van der Waals surface area contributed by atoms with Crippen LogP contribution in [0, 0.1) is 0 Å². The number of ketones is 1. The Hall–Kier alpha value is -3.40. The monoisotopic (exact) mass is 531 g/mol. The van der Waals surface area contributed by atoms with Crippen molar-refractivity contribution in [1.29, 1.82) is 0 Å². The molecule has 2 aromatic carbocycles. The third-order valence-corrected chi connectivity index (χ3v) is 7.06. The Morgan fingerprint density at radius 3 is 2.35 bits per heavy atom. The average Bonchev–Trinajstić information content (AvgIpc) is 2.86. The van der Waals surface area contributed by atoms with Crippen LogP contribution in [0.15, 0.2) is 48.5 Å². The van der Waals surface area contributed by atoms with Crippen LogP contribution in [0.25, 0.3) is 0 Å². The molecule has 1 atom stereocenters. The van der Waals surface area contributed by atoms with Crippen LogP contribution in [0.1, 0.15) is 56.0 Å². The second-order valence-corrected chi connectivity index (χ2v) is 10.7. The predicted molar refractivity (Wildman–Crippen MR) is 144 cm³/mol. The molecule has 10 heteroatoms. The molecule has 0 unspecified atom stereocenters. The van der Waals surface area contributed by atoms with Gasteiger partial charge in [-0.1, -0.05) is 44.5 Å². The van der Waals surface area contributed by atoms with Crippen molar-refractivity contribution in [3.8, 4) is 5.75 Å². The van der Waals surface area contributed by atoms with Crippen LogP contribution < -0.4 is 14.4 Å². The number of benzene rings is 2. The average molecular weight is 532 g/mol. The lowest BCUT2D eigenvalue weighted by Gasteiger charge is -2.33. The summed E-state index contributed by atoms with van der Waals surface area (Å²) in [5, 5.41) is 2.89. The predicted octanol–water partition coefficient (Wildman–Crippen LogP) is 3.39. The summed E-state index contributed by atoms with van der Waals surface area (Å²) in [6.45, 7) is 5.25. The first-order valence-electron chi connectivity index (χ1n) is 12.3. The second-order valence-electron chi connectivity index (χ2n) is 8.82. The molecule has 0 spiro atoms. The third-order valence-electron chi connectivity index (χ3n) is 5.92. The highest BCUT2D eigenvalue weighted by atomic mass is 32.2. The SMILES string of the molecule is CCCCNC(=O)[C@@H](CC)N(Cc1cccc(OC)c1)C(=O)CN(c1cccc(C(C)=O)c1)S(C)(=O)=O. The summed E-state index contributed by atoms with van der Waals surface area (Å²) in [6.07, 6.45) is 3.06. The molecule has 202 valence electrons. The Labute approximate surface area is 219 Å². The molecule has 0 heterocycles. The van der Waals surface area contributed by atoms with Gasteiger partial charge in [0.1, 0.15) is 18.3 Å². The van der Waals surface area contributed by atoms with E-state index in [2.05, 4.69) is 5.32 Å². The zero-order valence-electron chi connectivity index (χ0n) is 22.2. The van der Waals surface area contributed by atoms with Crippen LogP contribution in [-0.2, 0) is 26.2 Å². The van der Waals surface area contributed by atoms with Crippen LogP contribution in [0.5, 0.6) is 5.75 Å². The largest absolute Gasteiger partial charge is 0.497 e. The van der Waals surface area contributed by atoms with Crippen molar-refractivity contribution in [2.75, 3.05) is 30.8 Å². The molecular weight excluding hydrogens is 494 g/mol. The number of nitrogens with zero attached hydrogens (tertiary/aromatic N) is 2. The molecule has 0 aromatic heterocycles. The summed E-state index contributed by atoms with van der Waals surface area (Å²) in [6, 6.07) is 12.5. The number of ether oxygens (including phenoxy) is 1. The molecule has 1 N–H and O–H groups in total. The minimum absolute atomic E-state index is 0.0842. The summed E-state index contributed by atoms with van der Waals surface area (Å²) in [5.74, 6) is -0.462. The fourth-order valence-corrected chi connectivity index (χ4v) is 4.73. The summed E-state index contributed by atoms with van der Waals surface area (Å²) in [4.78, 5) is 40.1. The van der Waals surface area contributed by atoms with Crippen molar-refractivity contribution < 1.29 is 27.5 Å². The van der Waals surface area contributed by atoms with Gasteiger partial charge in [-0.2, -0.15) is 0 Å². The van der Waals surface area contributed by atoms with Crippen LogP contribution in [0.3, 0.4) is 0 Å². The minimum atomic E-state index is -3.89. The van der Waals surface area contributed by atoms with Gasteiger partial charge in [0.2, 0.25) is 21.8 Å². The number of methoxy groups -OCH3 is 1. The molecule has 2 aromatic rings. The molecule has 0 fully saturated rings. The fraction of sp³-hybridized carbons (Fsp3) is 0.444. The molecule has 2 rings (SSSR count). The van der Waals surface area contributed by atoms with Crippen molar-refractivity contribution in [2.24, 2.45) is 0 Å². The van der Waals surface area contributed by atoms with E-state index < -0.39 is 28.5 Å². The van der Waals surface area contributed by atoms with Gasteiger partial charge in [-0.25, -0.2) is 8.42 Å². The Kier molecular flexibility index (Phi) is 11.1. The molecule has 0 aliphatic rings. The minimum Gasteiger partial charge on any atom is -0.497 e. The number of unbranched alkanes of at least 4 members (excludes halogenated alkanes) is 1. The normalized spacial score (nSPS) is 11.9. The number of sulfonamides is 1. The van der Waals surface area contributed by atoms with Crippen LogP contribution in [0.4, 0.5) is 5.69 Å². The second kappa shape index (κ2) is 13.8. The number of carbonyl (C=O) groups is 3. The van der Waals surface area contributed by atoms with Crippen molar-refractivity contribution in [3.05, 3.63) is 59.7 Å². The number of carbonyl (C=O) groups excluding carboxylic acids is 3. The smallest absolute Gasteiger partial charge is 0.244 e. The molecule has 0 saturated heterocycles. The highest BCUT2D eigenvalue weighted by Crippen LogP contribution is 2.22. The first-order chi connectivity index (χ1) is 17.5. The maximum Gasteiger partial charge on any atom is 0.244 e. The summed E-state index contributed by atoms with van der Waals surface area (Å²) in [5.41, 5.74) is 1.26. The first kappa shape index (κ1) is 29.8. The fourth-order valence-electron chi connectivity index (χ4n) is 3.89. The van der Waals surface area contributed by atoms with E-state index in [1.165, 1.54) is 31.1 Å². The number of hydrogen-bond donors (Lipinski definition) is 1. The molecule has 0 saturated carbocycles. The standard InChI is InChI=1S/C27H37N3O6S/c1-6-8-15-28-27(33)25(7-2)29(18-21-11-9-14-24(16-21)36-4)26(32)19-30(37(5,34)35)23-13-10-12-22(17-23)20(3)31/h9-14,16-17,25H,6-8,15,18-19H2,1-5H3,(H,28,33)/t25-/m1/s1. The topological polar surface area (TPSA) is 113 Å². The van der Waals surface area contributed by atoms with Gasteiger partial charge >= 0.3 is 0 Å². The molecule has 0 aliphatic heterocycles. The van der Waals surface area contributed by atoms with E-state index in [1.54, 1.807) is 37.3 Å². The lowest BCUT2D eigenvalue weighted by molar-refractivity contribution is -0.140. The van der Waals surface area contributed by atoms with Gasteiger partial charge in [-0.15, -0.1) is 0 Å². The van der Waals surface area contributed by atoms with Crippen LogP contribution in [-0.4, -0.2) is 63.4 Å². The lowest BCUT2D eigenvalue weighted by Crippen LogP contribution is -2.52. The van der Waals surface area contributed by atoms with E-state index in [-0.39, 0.29) is 23.9 Å².